The van der Waals surface area contributed by atoms with E-state index < -0.39 is 16.1 Å². The molecule has 0 heterocycles. The summed E-state index contributed by atoms with van der Waals surface area (Å²) < 4.78 is 32.8. The number of nitrogens with zero attached hydrogens (tertiary/aromatic N) is 1. The van der Waals surface area contributed by atoms with Crippen LogP contribution in [0.4, 0.5) is 5.69 Å². The predicted octanol–water partition coefficient (Wildman–Crippen LogP) is 4.09. The lowest BCUT2D eigenvalue weighted by molar-refractivity contribution is -0.117. The first-order chi connectivity index (χ1) is 14.4. The number of benzene rings is 3. The molecule has 0 aliphatic carbocycles. The SMILES string of the molecule is COc1ccc([C@@H](CC(=O)Nc2ccccc2)N(C)S(=O)(=O)c2ccccc2)cc1. The van der Waals surface area contributed by atoms with Crippen molar-refractivity contribution in [2.75, 3.05) is 19.5 Å². The van der Waals surface area contributed by atoms with Gasteiger partial charge in [-0.15, -0.1) is 0 Å². The van der Waals surface area contributed by atoms with Crippen molar-refractivity contribution in [2.24, 2.45) is 0 Å². The van der Waals surface area contributed by atoms with E-state index in [-0.39, 0.29) is 17.2 Å². The number of hydrogen-bond donors (Lipinski definition) is 1. The fraction of sp³-hybridized carbons (Fsp3) is 0.174. The van der Waals surface area contributed by atoms with Gasteiger partial charge in [0.25, 0.3) is 0 Å². The van der Waals surface area contributed by atoms with E-state index in [2.05, 4.69) is 5.32 Å². The zero-order chi connectivity index (χ0) is 21.6. The third-order valence-corrected chi connectivity index (χ3v) is 6.68. The van der Waals surface area contributed by atoms with Crippen molar-refractivity contribution < 1.29 is 17.9 Å². The molecule has 0 aliphatic heterocycles. The first-order valence-corrected chi connectivity index (χ1v) is 10.9. The zero-order valence-electron chi connectivity index (χ0n) is 16.9. The van der Waals surface area contributed by atoms with Crippen molar-refractivity contribution in [2.45, 2.75) is 17.4 Å². The molecule has 0 fully saturated rings. The number of para-hydroxylation sites is 1. The van der Waals surface area contributed by atoms with Gasteiger partial charge < -0.3 is 10.1 Å². The second kappa shape index (κ2) is 9.56. The molecule has 0 saturated heterocycles. The molecule has 3 aromatic rings. The normalized spacial score (nSPS) is 12.4. The standard InChI is InChI=1S/C23H24N2O4S/c1-25(30(27,28)21-11-7-4-8-12-21)22(18-13-15-20(29-2)16-14-18)17-23(26)24-19-9-5-3-6-10-19/h3-16,22H,17H2,1-2H3,(H,24,26)/t22-/m1/s1. The van der Waals surface area contributed by atoms with Crippen LogP contribution in [0, 0.1) is 0 Å². The topological polar surface area (TPSA) is 75.7 Å². The Labute approximate surface area is 177 Å². The molecule has 0 spiro atoms. The summed E-state index contributed by atoms with van der Waals surface area (Å²) in [5.41, 5.74) is 1.35. The maximum Gasteiger partial charge on any atom is 0.243 e. The van der Waals surface area contributed by atoms with Crippen molar-refractivity contribution in [3.63, 3.8) is 0 Å². The van der Waals surface area contributed by atoms with Crippen molar-refractivity contribution in [1.82, 2.24) is 4.31 Å². The van der Waals surface area contributed by atoms with Gasteiger partial charge in [0, 0.05) is 19.2 Å². The smallest absolute Gasteiger partial charge is 0.243 e. The van der Waals surface area contributed by atoms with Crippen LogP contribution in [0.5, 0.6) is 5.75 Å². The molecule has 0 radical (unpaired) electrons. The van der Waals surface area contributed by atoms with E-state index >= 15 is 0 Å². The summed E-state index contributed by atoms with van der Waals surface area (Å²) in [7, 11) is -0.744. The predicted molar refractivity (Wildman–Crippen MR) is 117 cm³/mol. The van der Waals surface area contributed by atoms with Gasteiger partial charge in [0.2, 0.25) is 15.9 Å². The van der Waals surface area contributed by atoms with Gasteiger partial charge in [-0.25, -0.2) is 8.42 Å². The number of anilines is 1. The molecule has 7 heteroatoms. The highest BCUT2D eigenvalue weighted by molar-refractivity contribution is 7.89. The Hall–Kier alpha value is -3.16. The summed E-state index contributed by atoms with van der Waals surface area (Å²) in [5, 5.41) is 2.83. The molecule has 6 nitrogen and oxygen atoms in total. The number of amides is 1. The number of rotatable bonds is 8. The van der Waals surface area contributed by atoms with Gasteiger partial charge in [-0.05, 0) is 42.0 Å². The quantitative estimate of drug-likeness (QED) is 0.591. The maximum absolute atomic E-state index is 13.2. The molecule has 30 heavy (non-hydrogen) atoms. The summed E-state index contributed by atoms with van der Waals surface area (Å²) in [4.78, 5) is 12.9. The Morgan fingerprint density at radius 3 is 2.07 bits per heavy atom. The number of nitrogens with one attached hydrogen (secondary N) is 1. The maximum atomic E-state index is 13.2. The van der Waals surface area contributed by atoms with E-state index in [0.29, 0.717) is 17.0 Å². The highest BCUT2D eigenvalue weighted by Crippen LogP contribution is 2.30. The molecule has 1 N–H and O–H groups in total. The number of hydrogen-bond acceptors (Lipinski definition) is 4. The minimum atomic E-state index is -3.80. The first-order valence-electron chi connectivity index (χ1n) is 9.44. The Kier molecular flexibility index (Phi) is 6.87. The van der Waals surface area contributed by atoms with Crippen LogP contribution in [0.25, 0.3) is 0 Å². The lowest BCUT2D eigenvalue weighted by Gasteiger charge is -2.28. The van der Waals surface area contributed by atoms with Crippen LogP contribution < -0.4 is 10.1 Å². The van der Waals surface area contributed by atoms with Gasteiger partial charge in [-0.2, -0.15) is 4.31 Å². The molecule has 0 aliphatic rings. The second-order valence-electron chi connectivity index (χ2n) is 6.74. The molecule has 0 saturated carbocycles. The van der Waals surface area contributed by atoms with Gasteiger partial charge in [0.15, 0.2) is 0 Å². The van der Waals surface area contributed by atoms with Crippen LogP contribution in [0.3, 0.4) is 0 Å². The number of carbonyl (C=O) groups is 1. The Morgan fingerprint density at radius 2 is 1.50 bits per heavy atom. The summed E-state index contributed by atoms with van der Waals surface area (Å²) in [5.74, 6) is 0.372. The van der Waals surface area contributed by atoms with Gasteiger partial charge in [0.05, 0.1) is 18.0 Å². The monoisotopic (exact) mass is 424 g/mol. The number of carbonyl (C=O) groups excluding carboxylic acids is 1. The average Bonchev–Trinajstić information content (AvgIpc) is 2.78. The van der Waals surface area contributed by atoms with E-state index in [9.17, 15) is 13.2 Å². The zero-order valence-corrected chi connectivity index (χ0v) is 17.7. The third kappa shape index (κ3) is 5.06. The summed E-state index contributed by atoms with van der Waals surface area (Å²) in [6, 6.07) is 23.6. The molecule has 1 amide bonds. The second-order valence-corrected chi connectivity index (χ2v) is 8.74. The van der Waals surface area contributed by atoms with Gasteiger partial charge in [-0.3, -0.25) is 4.79 Å². The molecule has 1 atom stereocenters. The number of ether oxygens (including phenoxy) is 1. The van der Waals surface area contributed by atoms with Crippen molar-refractivity contribution in [3.8, 4) is 5.75 Å². The van der Waals surface area contributed by atoms with Crippen molar-refractivity contribution in [3.05, 3.63) is 90.5 Å². The molecule has 0 unspecified atom stereocenters. The van der Waals surface area contributed by atoms with Crippen LogP contribution in [-0.2, 0) is 14.8 Å². The van der Waals surface area contributed by atoms with E-state index in [1.165, 1.54) is 11.4 Å². The molecule has 0 bridgehead atoms. The Morgan fingerprint density at radius 1 is 0.933 bits per heavy atom. The molecule has 0 aromatic heterocycles. The summed E-state index contributed by atoms with van der Waals surface area (Å²) in [6.45, 7) is 0. The van der Waals surface area contributed by atoms with Gasteiger partial charge in [0.1, 0.15) is 5.75 Å². The Bertz CT molecular complexity index is 1070. The van der Waals surface area contributed by atoms with Crippen LogP contribution >= 0.6 is 0 Å². The number of methoxy groups -OCH3 is 1. The largest absolute Gasteiger partial charge is 0.497 e. The first kappa shape index (κ1) is 21.5. The summed E-state index contributed by atoms with van der Waals surface area (Å²) >= 11 is 0. The van der Waals surface area contributed by atoms with E-state index in [1.54, 1.807) is 73.8 Å². The average molecular weight is 425 g/mol. The fourth-order valence-electron chi connectivity index (χ4n) is 3.12. The lowest BCUT2D eigenvalue weighted by atomic mass is 10.0. The highest BCUT2D eigenvalue weighted by atomic mass is 32.2. The molecule has 156 valence electrons. The molecular weight excluding hydrogens is 400 g/mol. The minimum absolute atomic E-state index is 0.0379. The number of sulfonamides is 1. The van der Waals surface area contributed by atoms with Gasteiger partial charge in [-0.1, -0.05) is 48.5 Å². The van der Waals surface area contributed by atoms with Crippen LogP contribution in [0.15, 0.2) is 89.8 Å². The van der Waals surface area contributed by atoms with Gasteiger partial charge >= 0.3 is 0 Å². The third-order valence-electron chi connectivity index (χ3n) is 4.80. The summed E-state index contributed by atoms with van der Waals surface area (Å²) in [6.07, 6.45) is -0.0379. The molecule has 3 rings (SSSR count). The van der Waals surface area contributed by atoms with Crippen LogP contribution in [0.2, 0.25) is 0 Å². The molecular formula is C23H24N2O4S. The molecule has 3 aromatic carbocycles. The highest BCUT2D eigenvalue weighted by Gasteiger charge is 2.30. The van der Waals surface area contributed by atoms with Crippen molar-refractivity contribution >= 4 is 21.6 Å². The minimum Gasteiger partial charge on any atom is -0.497 e. The van der Waals surface area contributed by atoms with Crippen molar-refractivity contribution in [1.29, 1.82) is 0 Å². The lowest BCUT2D eigenvalue weighted by Crippen LogP contribution is -2.33. The Balaban J connectivity index is 1.91. The van der Waals surface area contributed by atoms with E-state index in [0.717, 1.165) is 0 Å². The van der Waals surface area contributed by atoms with Crippen LogP contribution in [0.1, 0.15) is 18.0 Å². The fourth-order valence-corrected chi connectivity index (χ4v) is 4.48. The van der Waals surface area contributed by atoms with E-state index in [1.807, 2.05) is 18.2 Å². The van der Waals surface area contributed by atoms with E-state index in [4.69, 9.17) is 4.74 Å². The van der Waals surface area contributed by atoms with Crippen LogP contribution in [-0.4, -0.2) is 32.8 Å².